The van der Waals surface area contributed by atoms with Crippen molar-refractivity contribution >= 4 is 17.4 Å². The van der Waals surface area contributed by atoms with Gasteiger partial charge in [0, 0.05) is 25.6 Å². The van der Waals surface area contributed by atoms with Crippen LogP contribution in [0.25, 0.3) is 5.65 Å². The molecule has 4 rings (SSSR count). The largest absolute Gasteiger partial charge is 0.497 e. The Labute approximate surface area is 176 Å². The predicted octanol–water partition coefficient (Wildman–Crippen LogP) is 2.68. The molecule has 11 heteroatoms. The fourth-order valence-electron chi connectivity index (χ4n) is 3.61. The van der Waals surface area contributed by atoms with Crippen LogP contribution in [0.3, 0.4) is 0 Å². The van der Waals surface area contributed by atoms with E-state index in [0.717, 1.165) is 11.3 Å². The molecule has 31 heavy (non-hydrogen) atoms. The van der Waals surface area contributed by atoms with Crippen molar-refractivity contribution in [2.24, 2.45) is 5.92 Å². The monoisotopic (exact) mass is 434 g/mol. The Balaban J connectivity index is 1.36. The SMILES string of the molecule is COc1cccc(CNC(=O)C2CCN(c3ccc4nnc(C(F)(F)F)n4n3)CC2)c1. The molecular formula is C20H21F3N6O2. The van der Waals surface area contributed by atoms with E-state index in [4.69, 9.17) is 4.74 Å². The van der Waals surface area contributed by atoms with E-state index < -0.39 is 12.0 Å². The molecular weight excluding hydrogens is 413 g/mol. The Hall–Kier alpha value is -3.37. The minimum atomic E-state index is -4.64. The lowest BCUT2D eigenvalue weighted by atomic mass is 9.96. The van der Waals surface area contributed by atoms with Crippen LogP contribution >= 0.6 is 0 Å². The molecule has 0 radical (unpaired) electrons. The van der Waals surface area contributed by atoms with Crippen LogP contribution in [0, 0.1) is 5.92 Å². The maximum Gasteiger partial charge on any atom is 0.453 e. The van der Waals surface area contributed by atoms with Crippen LogP contribution in [0.4, 0.5) is 19.0 Å². The smallest absolute Gasteiger partial charge is 0.453 e. The molecule has 0 atom stereocenters. The summed E-state index contributed by atoms with van der Waals surface area (Å²) in [6.07, 6.45) is -3.48. The number of anilines is 1. The number of aromatic nitrogens is 4. The van der Waals surface area contributed by atoms with Gasteiger partial charge in [-0.1, -0.05) is 12.1 Å². The first-order valence-electron chi connectivity index (χ1n) is 9.80. The van der Waals surface area contributed by atoms with Crippen LogP contribution in [0.2, 0.25) is 0 Å². The van der Waals surface area contributed by atoms with Crippen molar-refractivity contribution in [2.75, 3.05) is 25.1 Å². The number of fused-ring (bicyclic) bond motifs is 1. The highest BCUT2D eigenvalue weighted by Crippen LogP contribution is 2.28. The van der Waals surface area contributed by atoms with E-state index in [1.54, 1.807) is 13.2 Å². The quantitative estimate of drug-likeness (QED) is 0.665. The van der Waals surface area contributed by atoms with Gasteiger partial charge in [0.2, 0.25) is 5.91 Å². The molecule has 164 valence electrons. The number of nitrogens with zero attached hydrogens (tertiary/aromatic N) is 5. The highest BCUT2D eigenvalue weighted by atomic mass is 19.4. The first kappa shape index (κ1) is 20.9. The van der Waals surface area contributed by atoms with E-state index in [0.29, 0.717) is 42.8 Å². The van der Waals surface area contributed by atoms with Gasteiger partial charge in [-0.05, 0) is 42.7 Å². The number of methoxy groups -OCH3 is 1. The number of hydrogen-bond acceptors (Lipinski definition) is 6. The van der Waals surface area contributed by atoms with Crippen LogP contribution in [0.1, 0.15) is 24.2 Å². The van der Waals surface area contributed by atoms with Crippen LogP contribution in [-0.4, -0.2) is 45.9 Å². The van der Waals surface area contributed by atoms with E-state index in [-0.39, 0.29) is 17.5 Å². The van der Waals surface area contributed by atoms with Gasteiger partial charge < -0.3 is 15.0 Å². The summed E-state index contributed by atoms with van der Waals surface area (Å²) in [7, 11) is 1.59. The second kappa shape index (κ2) is 8.40. The van der Waals surface area contributed by atoms with Crippen molar-refractivity contribution in [1.82, 2.24) is 25.1 Å². The number of benzene rings is 1. The number of rotatable bonds is 5. The molecule has 1 amide bonds. The van der Waals surface area contributed by atoms with Gasteiger partial charge in [0.25, 0.3) is 5.82 Å². The summed E-state index contributed by atoms with van der Waals surface area (Å²) in [5.74, 6) is -0.231. The average Bonchev–Trinajstić information content (AvgIpc) is 3.21. The van der Waals surface area contributed by atoms with Gasteiger partial charge in [0.1, 0.15) is 11.6 Å². The third kappa shape index (κ3) is 4.54. The Morgan fingerprint density at radius 1 is 1.19 bits per heavy atom. The van der Waals surface area contributed by atoms with Gasteiger partial charge in [-0.2, -0.15) is 17.7 Å². The summed E-state index contributed by atoms with van der Waals surface area (Å²) in [5, 5.41) is 13.7. The van der Waals surface area contributed by atoms with E-state index in [1.165, 1.54) is 6.07 Å². The Morgan fingerprint density at radius 3 is 2.68 bits per heavy atom. The lowest BCUT2D eigenvalue weighted by Gasteiger charge is -2.32. The lowest BCUT2D eigenvalue weighted by Crippen LogP contribution is -2.40. The first-order chi connectivity index (χ1) is 14.8. The fraction of sp³-hybridized carbons (Fsp3) is 0.400. The molecule has 1 aliphatic heterocycles. The van der Waals surface area contributed by atoms with Gasteiger partial charge in [-0.15, -0.1) is 15.3 Å². The van der Waals surface area contributed by atoms with Gasteiger partial charge in [-0.3, -0.25) is 4.79 Å². The van der Waals surface area contributed by atoms with Gasteiger partial charge in [-0.25, -0.2) is 0 Å². The maximum absolute atomic E-state index is 13.1. The average molecular weight is 434 g/mol. The van der Waals surface area contributed by atoms with Gasteiger partial charge in [0.15, 0.2) is 5.65 Å². The van der Waals surface area contributed by atoms with Crippen LogP contribution < -0.4 is 15.0 Å². The lowest BCUT2D eigenvalue weighted by molar-refractivity contribution is -0.146. The zero-order valence-electron chi connectivity index (χ0n) is 16.8. The van der Waals surface area contributed by atoms with E-state index in [9.17, 15) is 18.0 Å². The molecule has 1 aliphatic rings. The normalized spacial score (nSPS) is 15.3. The van der Waals surface area contributed by atoms with Crippen molar-refractivity contribution in [3.8, 4) is 5.75 Å². The number of amides is 1. The Morgan fingerprint density at radius 2 is 1.97 bits per heavy atom. The second-order valence-electron chi connectivity index (χ2n) is 7.31. The molecule has 1 N–H and O–H groups in total. The van der Waals surface area contributed by atoms with E-state index in [1.807, 2.05) is 29.2 Å². The number of alkyl halides is 3. The highest BCUT2D eigenvalue weighted by molar-refractivity contribution is 5.79. The van der Waals surface area contributed by atoms with Crippen molar-refractivity contribution in [3.05, 3.63) is 47.8 Å². The molecule has 0 unspecified atom stereocenters. The summed E-state index contributed by atoms with van der Waals surface area (Å²) in [6.45, 7) is 1.43. The molecule has 0 bridgehead atoms. The molecule has 3 aromatic rings. The molecule has 8 nitrogen and oxygen atoms in total. The Kier molecular flexibility index (Phi) is 5.66. The molecule has 0 saturated carbocycles. The topological polar surface area (TPSA) is 84.6 Å². The highest BCUT2D eigenvalue weighted by Gasteiger charge is 2.38. The third-order valence-electron chi connectivity index (χ3n) is 5.29. The number of hydrogen-bond donors (Lipinski definition) is 1. The number of halogens is 3. The van der Waals surface area contributed by atoms with Gasteiger partial charge >= 0.3 is 6.18 Å². The number of ether oxygens (including phenoxy) is 1. The standard InChI is InChI=1S/C20H21F3N6O2/c1-31-15-4-2-3-13(11-15)12-24-18(30)14-7-9-28(10-8-14)17-6-5-16-25-26-19(20(21,22)23)29(16)27-17/h2-6,11,14H,7-10,12H2,1H3,(H,24,30). The fourth-order valence-corrected chi connectivity index (χ4v) is 3.61. The second-order valence-corrected chi connectivity index (χ2v) is 7.31. The molecule has 2 aromatic heterocycles. The molecule has 1 saturated heterocycles. The van der Waals surface area contributed by atoms with E-state index in [2.05, 4.69) is 20.6 Å². The van der Waals surface area contributed by atoms with Crippen molar-refractivity contribution in [2.45, 2.75) is 25.6 Å². The van der Waals surface area contributed by atoms with E-state index >= 15 is 0 Å². The minimum absolute atomic E-state index is 0.0304. The van der Waals surface area contributed by atoms with Crippen LogP contribution in [-0.2, 0) is 17.5 Å². The summed E-state index contributed by atoms with van der Waals surface area (Å²) in [4.78, 5) is 14.4. The molecule has 3 heterocycles. The number of piperidine rings is 1. The first-order valence-corrected chi connectivity index (χ1v) is 9.80. The number of nitrogens with one attached hydrogen (secondary N) is 1. The third-order valence-corrected chi connectivity index (χ3v) is 5.29. The minimum Gasteiger partial charge on any atom is -0.497 e. The summed E-state index contributed by atoms with van der Waals surface area (Å²) in [5.41, 5.74) is 0.972. The molecule has 0 spiro atoms. The van der Waals surface area contributed by atoms with Crippen molar-refractivity contribution in [1.29, 1.82) is 0 Å². The summed E-state index contributed by atoms with van der Waals surface area (Å²) < 4.78 is 45.1. The number of carbonyl (C=O) groups excluding carboxylic acids is 1. The van der Waals surface area contributed by atoms with Crippen molar-refractivity contribution in [3.63, 3.8) is 0 Å². The molecule has 1 aromatic carbocycles. The maximum atomic E-state index is 13.1. The zero-order chi connectivity index (χ0) is 22.0. The predicted molar refractivity (Wildman–Crippen MR) is 106 cm³/mol. The van der Waals surface area contributed by atoms with Crippen LogP contribution in [0.5, 0.6) is 5.75 Å². The summed E-state index contributed by atoms with van der Waals surface area (Å²) in [6, 6.07) is 10.6. The van der Waals surface area contributed by atoms with Crippen molar-refractivity contribution < 1.29 is 22.7 Å². The molecule has 0 aliphatic carbocycles. The Bertz CT molecular complexity index is 1080. The van der Waals surface area contributed by atoms with Crippen LogP contribution in [0.15, 0.2) is 36.4 Å². The number of carbonyl (C=O) groups is 1. The van der Waals surface area contributed by atoms with Gasteiger partial charge in [0.05, 0.1) is 7.11 Å². The molecule has 1 fully saturated rings. The summed E-state index contributed by atoms with van der Waals surface area (Å²) >= 11 is 0. The zero-order valence-corrected chi connectivity index (χ0v) is 16.8.